The van der Waals surface area contributed by atoms with Crippen LogP contribution in [-0.2, 0) is 4.79 Å². The molecule has 5 nitrogen and oxygen atoms in total. The first kappa shape index (κ1) is 16.4. The Morgan fingerprint density at radius 1 is 1.47 bits per heavy atom. The molecule has 6 heteroatoms. The van der Waals surface area contributed by atoms with E-state index in [1.807, 2.05) is 13.8 Å². The van der Waals surface area contributed by atoms with Gasteiger partial charge in [-0.25, -0.2) is 0 Å². The van der Waals surface area contributed by atoms with E-state index >= 15 is 0 Å². The van der Waals surface area contributed by atoms with Crippen molar-refractivity contribution in [1.29, 1.82) is 0 Å². The Balaban J connectivity index is 2.41. The van der Waals surface area contributed by atoms with E-state index in [0.717, 1.165) is 44.4 Å². The number of piperidine rings is 1. The van der Waals surface area contributed by atoms with Gasteiger partial charge in [0.2, 0.25) is 5.91 Å². The van der Waals surface area contributed by atoms with E-state index in [-0.39, 0.29) is 16.6 Å². The van der Waals surface area contributed by atoms with Crippen LogP contribution >= 0.6 is 11.9 Å². The van der Waals surface area contributed by atoms with Gasteiger partial charge < -0.3 is 9.80 Å². The SMILES string of the molecule is [CH2]CN(C)C(=O)C1CCN(CC(C)(C)SN=O)CC1. The Kier molecular flexibility index (Phi) is 6.26. The third-order valence-electron chi connectivity index (χ3n) is 3.54. The number of hydrogen-bond acceptors (Lipinski definition) is 5. The van der Waals surface area contributed by atoms with Crippen LogP contribution in [0.1, 0.15) is 26.7 Å². The molecule has 0 aromatic heterocycles. The first-order valence-electron chi connectivity index (χ1n) is 6.67. The molecule has 0 spiro atoms. The van der Waals surface area contributed by atoms with Gasteiger partial charge in [0, 0.05) is 47.3 Å². The van der Waals surface area contributed by atoms with Crippen molar-refractivity contribution in [2.45, 2.75) is 31.4 Å². The summed E-state index contributed by atoms with van der Waals surface area (Å²) in [6.07, 6.45) is 1.77. The Labute approximate surface area is 120 Å². The number of carbonyl (C=O) groups excluding carboxylic acids is 1. The summed E-state index contributed by atoms with van der Waals surface area (Å²) >= 11 is 1.09. The predicted molar refractivity (Wildman–Crippen MR) is 79.6 cm³/mol. The highest BCUT2D eigenvalue weighted by molar-refractivity contribution is 7.99. The summed E-state index contributed by atoms with van der Waals surface area (Å²) in [5.74, 6) is 0.334. The summed E-state index contributed by atoms with van der Waals surface area (Å²) in [5, 5.41) is 0. The van der Waals surface area contributed by atoms with Crippen LogP contribution in [0.4, 0.5) is 0 Å². The van der Waals surface area contributed by atoms with Gasteiger partial charge >= 0.3 is 0 Å². The minimum absolute atomic E-state index is 0.128. The first-order valence-corrected chi connectivity index (χ1v) is 7.44. The van der Waals surface area contributed by atoms with Crippen molar-refractivity contribution in [2.75, 3.05) is 33.2 Å². The monoisotopic (exact) mass is 286 g/mol. The van der Waals surface area contributed by atoms with Crippen molar-refractivity contribution >= 4 is 17.9 Å². The van der Waals surface area contributed by atoms with Crippen molar-refractivity contribution in [3.63, 3.8) is 0 Å². The molecule has 0 bridgehead atoms. The minimum Gasteiger partial charge on any atom is -0.346 e. The zero-order valence-electron chi connectivity index (χ0n) is 12.1. The maximum Gasteiger partial charge on any atom is 0.225 e. The van der Waals surface area contributed by atoms with Gasteiger partial charge in [-0.3, -0.25) is 4.79 Å². The summed E-state index contributed by atoms with van der Waals surface area (Å²) in [5.41, 5.74) is 0. The first-order chi connectivity index (χ1) is 8.89. The third kappa shape index (κ3) is 5.10. The second-order valence-electron chi connectivity index (χ2n) is 5.74. The van der Waals surface area contributed by atoms with E-state index in [0.29, 0.717) is 6.54 Å². The zero-order valence-corrected chi connectivity index (χ0v) is 12.9. The van der Waals surface area contributed by atoms with E-state index < -0.39 is 0 Å². The van der Waals surface area contributed by atoms with E-state index in [1.54, 1.807) is 11.9 Å². The predicted octanol–water partition coefficient (Wildman–Crippen LogP) is 2.18. The van der Waals surface area contributed by atoms with Crippen LogP contribution in [0, 0.1) is 17.7 Å². The van der Waals surface area contributed by atoms with Crippen LogP contribution in [-0.4, -0.2) is 53.7 Å². The van der Waals surface area contributed by atoms with Crippen molar-refractivity contribution in [3.05, 3.63) is 11.8 Å². The molecule has 0 saturated carbocycles. The molecule has 0 N–H and O–H groups in total. The fourth-order valence-electron chi connectivity index (χ4n) is 2.43. The lowest BCUT2D eigenvalue weighted by Crippen LogP contribution is -2.44. The second kappa shape index (κ2) is 7.24. The van der Waals surface area contributed by atoms with Crippen molar-refractivity contribution < 1.29 is 4.79 Å². The molecule has 0 aliphatic carbocycles. The van der Waals surface area contributed by atoms with Crippen LogP contribution in [0.3, 0.4) is 0 Å². The molecular formula is C13H24N3O2S. The number of carbonyl (C=O) groups is 1. The molecule has 0 aromatic rings. The highest BCUT2D eigenvalue weighted by Gasteiger charge is 2.30. The van der Waals surface area contributed by atoms with Gasteiger partial charge in [-0.15, -0.1) is 4.91 Å². The van der Waals surface area contributed by atoms with Crippen molar-refractivity contribution in [1.82, 2.24) is 9.80 Å². The highest BCUT2D eigenvalue weighted by Crippen LogP contribution is 2.28. The van der Waals surface area contributed by atoms with E-state index in [2.05, 4.69) is 16.4 Å². The van der Waals surface area contributed by atoms with Crippen LogP contribution in [0.2, 0.25) is 0 Å². The summed E-state index contributed by atoms with van der Waals surface area (Å²) in [6, 6.07) is 0. The molecule has 1 aliphatic rings. The summed E-state index contributed by atoms with van der Waals surface area (Å²) in [4.78, 5) is 26.4. The van der Waals surface area contributed by atoms with Gasteiger partial charge in [0.05, 0.1) is 0 Å². The van der Waals surface area contributed by atoms with Gasteiger partial charge in [-0.1, -0.05) is 0 Å². The smallest absolute Gasteiger partial charge is 0.225 e. The molecule has 1 aliphatic heterocycles. The minimum atomic E-state index is -0.164. The average molecular weight is 286 g/mol. The summed E-state index contributed by atoms with van der Waals surface area (Å²) in [7, 11) is 1.80. The normalized spacial score (nSPS) is 18.3. The Hall–Kier alpha value is -0.620. The lowest BCUT2D eigenvalue weighted by molar-refractivity contribution is -0.135. The van der Waals surface area contributed by atoms with Crippen molar-refractivity contribution in [2.24, 2.45) is 10.5 Å². The van der Waals surface area contributed by atoms with E-state index in [1.165, 1.54) is 0 Å². The lowest BCUT2D eigenvalue weighted by atomic mass is 9.95. The topological polar surface area (TPSA) is 53.0 Å². The molecule has 109 valence electrons. The van der Waals surface area contributed by atoms with Gasteiger partial charge in [0.15, 0.2) is 0 Å². The number of nitrogens with zero attached hydrogens (tertiary/aromatic N) is 3. The molecular weight excluding hydrogens is 262 g/mol. The summed E-state index contributed by atoms with van der Waals surface area (Å²) in [6.45, 7) is 10.9. The molecule has 19 heavy (non-hydrogen) atoms. The molecule has 0 atom stereocenters. The van der Waals surface area contributed by atoms with Crippen LogP contribution in [0.5, 0.6) is 0 Å². The van der Waals surface area contributed by atoms with Gasteiger partial charge in [-0.2, -0.15) is 0 Å². The fraction of sp³-hybridized carbons (Fsp3) is 0.846. The fourth-order valence-corrected chi connectivity index (χ4v) is 2.87. The van der Waals surface area contributed by atoms with Gasteiger partial charge in [0.1, 0.15) is 0 Å². The van der Waals surface area contributed by atoms with Gasteiger partial charge in [0.25, 0.3) is 0 Å². The third-order valence-corrected chi connectivity index (χ3v) is 4.24. The summed E-state index contributed by atoms with van der Waals surface area (Å²) < 4.78 is 2.76. The van der Waals surface area contributed by atoms with Crippen LogP contribution < -0.4 is 0 Å². The van der Waals surface area contributed by atoms with E-state index in [9.17, 15) is 9.70 Å². The maximum absolute atomic E-state index is 12.0. The molecule has 1 rings (SSSR count). The number of rotatable bonds is 6. The molecule has 1 radical (unpaired) electrons. The number of hydrogen-bond donors (Lipinski definition) is 0. The van der Waals surface area contributed by atoms with Crippen LogP contribution in [0.25, 0.3) is 0 Å². The van der Waals surface area contributed by atoms with E-state index in [4.69, 9.17) is 0 Å². The molecule has 0 aromatic carbocycles. The standard InChI is InChI=1S/C13H24N3O2S/c1-5-15(4)12(17)11-6-8-16(9-7-11)10-13(2,3)19-14-18/h11H,1,5-10H2,2-4H3. The zero-order chi connectivity index (χ0) is 14.5. The molecule has 1 fully saturated rings. The van der Waals surface area contributed by atoms with Gasteiger partial charge in [-0.05, 0) is 46.7 Å². The van der Waals surface area contributed by atoms with Crippen molar-refractivity contribution in [3.8, 4) is 0 Å². The maximum atomic E-state index is 12.0. The highest BCUT2D eigenvalue weighted by atomic mass is 32.2. The number of amides is 1. The number of likely N-dealkylation sites (tertiary alicyclic amines) is 1. The Bertz CT molecular complexity index is 315. The molecule has 0 unspecified atom stereocenters. The largest absolute Gasteiger partial charge is 0.346 e. The second-order valence-corrected chi connectivity index (χ2v) is 7.17. The molecule has 1 heterocycles. The number of nitroso groups, excluding NO2 is 1. The average Bonchev–Trinajstić information content (AvgIpc) is 2.37. The van der Waals surface area contributed by atoms with Crippen LogP contribution in [0.15, 0.2) is 4.58 Å². The Morgan fingerprint density at radius 3 is 2.53 bits per heavy atom. The molecule has 1 amide bonds. The molecule has 1 saturated heterocycles. The quantitative estimate of drug-likeness (QED) is 0.555. The Morgan fingerprint density at radius 2 is 2.05 bits per heavy atom. The lowest BCUT2D eigenvalue weighted by Gasteiger charge is -2.36.